The van der Waals surface area contributed by atoms with Crippen molar-refractivity contribution >= 4 is 0 Å². The van der Waals surface area contributed by atoms with Crippen LogP contribution in [0, 0.1) is 0 Å². The van der Waals surface area contributed by atoms with E-state index in [4.69, 9.17) is 9.47 Å². The van der Waals surface area contributed by atoms with Crippen LogP contribution < -0.4 is 15.4 Å². The summed E-state index contributed by atoms with van der Waals surface area (Å²) in [5.74, 6) is 1.72. The van der Waals surface area contributed by atoms with Crippen LogP contribution in [0.2, 0.25) is 0 Å². The number of ether oxygens (including phenoxy) is 2. The second-order valence-electron chi connectivity index (χ2n) is 6.89. The number of morpholine rings is 1. The predicted molar refractivity (Wildman–Crippen MR) is 106 cm³/mol. The minimum Gasteiger partial charge on any atom is -0.457 e. The lowest BCUT2D eigenvalue weighted by Crippen LogP contribution is -2.50. The van der Waals surface area contributed by atoms with Crippen LogP contribution in [0.1, 0.15) is 38.3 Å². The second-order valence-corrected chi connectivity index (χ2v) is 6.89. The Bertz CT molecular complexity index is 639. The summed E-state index contributed by atoms with van der Waals surface area (Å²) in [6.45, 7) is 7.10. The summed E-state index contributed by atoms with van der Waals surface area (Å²) >= 11 is 0. The number of para-hydroxylation sites is 1. The highest BCUT2D eigenvalue weighted by Gasteiger charge is 2.23. The predicted octanol–water partition coefficient (Wildman–Crippen LogP) is 4.29. The average molecular weight is 354 g/mol. The molecule has 1 saturated heterocycles. The van der Waals surface area contributed by atoms with Gasteiger partial charge in [0, 0.05) is 25.2 Å². The molecule has 2 aromatic rings. The van der Waals surface area contributed by atoms with Gasteiger partial charge >= 0.3 is 0 Å². The molecule has 0 aromatic heterocycles. The fourth-order valence-corrected chi connectivity index (χ4v) is 3.36. The van der Waals surface area contributed by atoms with Crippen molar-refractivity contribution in [1.82, 2.24) is 10.6 Å². The van der Waals surface area contributed by atoms with Gasteiger partial charge in [-0.15, -0.1) is 0 Å². The SMILES string of the molecule is CCCC(NC(C)C1CNCCO1)c1ccc(Oc2ccccc2)cc1. The Morgan fingerprint density at radius 2 is 1.85 bits per heavy atom. The lowest BCUT2D eigenvalue weighted by atomic mass is 10.00. The monoisotopic (exact) mass is 354 g/mol. The Labute approximate surface area is 156 Å². The molecule has 3 unspecified atom stereocenters. The maximum absolute atomic E-state index is 5.90. The zero-order valence-corrected chi connectivity index (χ0v) is 15.8. The first kappa shape index (κ1) is 18.9. The van der Waals surface area contributed by atoms with Gasteiger partial charge in [-0.05, 0) is 43.2 Å². The van der Waals surface area contributed by atoms with Gasteiger partial charge in [-0.3, -0.25) is 0 Å². The van der Waals surface area contributed by atoms with E-state index in [-0.39, 0.29) is 6.10 Å². The first-order valence-electron chi connectivity index (χ1n) is 9.67. The van der Waals surface area contributed by atoms with E-state index in [9.17, 15) is 0 Å². The molecule has 0 aliphatic carbocycles. The molecule has 1 aliphatic rings. The van der Waals surface area contributed by atoms with Gasteiger partial charge in [0.25, 0.3) is 0 Å². The zero-order chi connectivity index (χ0) is 18.2. The normalized spacial score (nSPS) is 19.7. The van der Waals surface area contributed by atoms with Crippen molar-refractivity contribution in [3.05, 3.63) is 60.2 Å². The van der Waals surface area contributed by atoms with Crippen LogP contribution in [0.15, 0.2) is 54.6 Å². The molecule has 0 amide bonds. The molecule has 3 rings (SSSR count). The first-order chi connectivity index (χ1) is 12.8. The van der Waals surface area contributed by atoms with Gasteiger partial charge in [0.05, 0.1) is 12.7 Å². The van der Waals surface area contributed by atoms with Crippen LogP contribution in [0.3, 0.4) is 0 Å². The fourth-order valence-electron chi connectivity index (χ4n) is 3.36. The molecule has 0 saturated carbocycles. The van der Waals surface area contributed by atoms with Crippen molar-refractivity contribution in [2.75, 3.05) is 19.7 Å². The minimum atomic E-state index is 0.226. The summed E-state index contributed by atoms with van der Waals surface area (Å²) in [5.41, 5.74) is 1.29. The van der Waals surface area contributed by atoms with Gasteiger partial charge in [-0.1, -0.05) is 43.7 Å². The minimum absolute atomic E-state index is 0.226. The van der Waals surface area contributed by atoms with Gasteiger partial charge in [0.15, 0.2) is 0 Å². The van der Waals surface area contributed by atoms with Crippen molar-refractivity contribution in [3.63, 3.8) is 0 Å². The lowest BCUT2D eigenvalue weighted by molar-refractivity contribution is 0.00552. The number of nitrogens with one attached hydrogen (secondary N) is 2. The van der Waals surface area contributed by atoms with Gasteiger partial charge < -0.3 is 20.1 Å². The standard InChI is InChI=1S/C22H30N2O2/c1-3-7-21(24-17(2)22-16-23-14-15-25-22)18-10-12-20(13-11-18)26-19-8-5-4-6-9-19/h4-6,8-13,17,21-24H,3,7,14-16H2,1-2H3. The van der Waals surface area contributed by atoms with Crippen molar-refractivity contribution in [2.45, 2.75) is 44.9 Å². The molecule has 1 aliphatic heterocycles. The molecule has 0 spiro atoms. The van der Waals surface area contributed by atoms with Crippen LogP contribution in [0.25, 0.3) is 0 Å². The highest BCUT2D eigenvalue weighted by Crippen LogP contribution is 2.25. The van der Waals surface area contributed by atoms with Crippen LogP contribution in [0.5, 0.6) is 11.5 Å². The van der Waals surface area contributed by atoms with E-state index in [1.807, 2.05) is 30.3 Å². The van der Waals surface area contributed by atoms with Crippen molar-refractivity contribution < 1.29 is 9.47 Å². The molecule has 2 N–H and O–H groups in total. The molecule has 0 radical (unpaired) electrons. The number of rotatable bonds is 8. The van der Waals surface area contributed by atoms with E-state index < -0.39 is 0 Å². The van der Waals surface area contributed by atoms with E-state index in [0.717, 1.165) is 44.0 Å². The van der Waals surface area contributed by atoms with E-state index in [1.165, 1.54) is 5.56 Å². The molecule has 1 heterocycles. The van der Waals surface area contributed by atoms with Crippen LogP contribution >= 0.6 is 0 Å². The Balaban J connectivity index is 1.63. The van der Waals surface area contributed by atoms with Gasteiger partial charge in [0.1, 0.15) is 11.5 Å². The molecule has 140 valence electrons. The Morgan fingerprint density at radius 3 is 2.50 bits per heavy atom. The third kappa shape index (κ3) is 5.31. The van der Waals surface area contributed by atoms with Gasteiger partial charge in [0.2, 0.25) is 0 Å². The van der Waals surface area contributed by atoms with Gasteiger partial charge in [-0.25, -0.2) is 0 Å². The third-order valence-electron chi connectivity index (χ3n) is 4.82. The maximum Gasteiger partial charge on any atom is 0.127 e. The Kier molecular flexibility index (Phi) is 7.06. The summed E-state index contributed by atoms with van der Waals surface area (Å²) in [7, 11) is 0. The van der Waals surface area contributed by atoms with E-state index >= 15 is 0 Å². The fraction of sp³-hybridized carbons (Fsp3) is 0.455. The molecule has 3 atom stereocenters. The second kappa shape index (κ2) is 9.72. The first-order valence-corrected chi connectivity index (χ1v) is 9.67. The zero-order valence-electron chi connectivity index (χ0n) is 15.8. The Morgan fingerprint density at radius 1 is 1.12 bits per heavy atom. The van der Waals surface area contributed by atoms with Crippen molar-refractivity contribution in [2.24, 2.45) is 0 Å². The summed E-state index contributed by atoms with van der Waals surface area (Å²) in [6, 6.07) is 18.9. The van der Waals surface area contributed by atoms with Crippen molar-refractivity contribution in [1.29, 1.82) is 0 Å². The molecule has 4 nitrogen and oxygen atoms in total. The van der Waals surface area contributed by atoms with E-state index in [2.05, 4.69) is 48.7 Å². The largest absolute Gasteiger partial charge is 0.457 e. The van der Waals surface area contributed by atoms with Crippen LogP contribution in [-0.4, -0.2) is 31.8 Å². The lowest BCUT2D eigenvalue weighted by Gasteiger charge is -2.32. The summed E-state index contributed by atoms with van der Waals surface area (Å²) < 4.78 is 11.8. The molecular weight excluding hydrogens is 324 g/mol. The highest BCUT2D eigenvalue weighted by atomic mass is 16.5. The number of hydrogen-bond donors (Lipinski definition) is 2. The molecule has 1 fully saturated rings. The maximum atomic E-state index is 5.90. The molecule has 2 aromatic carbocycles. The third-order valence-corrected chi connectivity index (χ3v) is 4.82. The molecular formula is C22H30N2O2. The number of benzene rings is 2. The summed E-state index contributed by atoms with van der Waals surface area (Å²) in [5, 5.41) is 7.18. The summed E-state index contributed by atoms with van der Waals surface area (Å²) in [6.07, 6.45) is 2.46. The Hall–Kier alpha value is -1.88. The quantitative estimate of drug-likeness (QED) is 0.742. The molecule has 0 bridgehead atoms. The molecule has 4 heteroatoms. The van der Waals surface area contributed by atoms with Crippen molar-refractivity contribution in [3.8, 4) is 11.5 Å². The van der Waals surface area contributed by atoms with Gasteiger partial charge in [-0.2, -0.15) is 0 Å². The smallest absolute Gasteiger partial charge is 0.127 e. The topological polar surface area (TPSA) is 42.5 Å². The molecule has 26 heavy (non-hydrogen) atoms. The van der Waals surface area contributed by atoms with Crippen LogP contribution in [0.4, 0.5) is 0 Å². The van der Waals surface area contributed by atoms with E-state index in [0.29, 0.717) is 12.1 Å². The van der Waals surface area contributed by atoms with Crippen LogP contribution in [-0.2, 0) is 4.74 Å². The average Bonchev–Trinajstić information content (AvgIpc) is 2.70. The highest BCUT2D eigenvalue weighted by molar-refractivity contribution is 5.34. The number of hydrogen-bond acceptors (Lipinski definition) is 4. The van der Waals surface area contributed by atoms with E-state index in [1.54, 1.807) is 0 Å². The summed E-state index contributed by atoms with van der Waals surface area (Å²) in [4.78, 5) is 0.